The first-order valence-corrected chi connectivity index (χ1v) is 6.86. The van der Waals surface area contributed by atoms with Gasteiger partial charge in [-0.25, -0.2) is 0 Å². The van der Waals surface area contributed by atoms with Gasteiger partial charge in [-0.2, -0.15) is 0 Å². The summed E-state index contributed by atoms with van der Waals surface area (Å²) in [6.07, 6.45) is 0. The molecule has 0 spiro atoms. The van der Waals surface area contributed by atoms with E-state index in [0.717, 1.165) is 15.8 Å². The summed E-state index contributed by atoms with van der Waals surface area (Å²) in [5.41, 5.74) is 1.71. The van der Waals surface area contributed by atoms with E-state index in [1.807, 2.05) is 24.3 Å². The van der Waals surface area contributed by atoms with Gasteiger partial charge in [0.1, 0.15) is 5.69 Å². The standard InChI is InChI=1S/C15H15BrN2O2/c1-9(2)14(19)18(4)15(20)13-12(16)10-7-5-6-8-11(10)17(13)3/h5-8H,1H2,2-4H3. The average molecular weight is 335 g/mol. The average Bonchev–Trinajstić information content (AvgIpc) is 2.69. The second-order valence-corrected chi connectivity index (χ2v) is 5.48. The molecule has 4 nitrogen and oxygen atoms in total. The van der Waals surface area contributed by atoms with Crippen LogP contribution in [0.25, 0.3) is 10.9 Å². The van der Waals surface area contributed by atoms with Crippen LogP contribution in [0, 0.1) is 0 Å². The van der Waals surface area contributed by atoms with E-state index in [9.17, 15) is 9.59 Å². The Morgan fingerprint density at radius 2 is 1.90 bits per heavy atom. The second-order valence-electron chi connectivity index (χ2n) is 4.69. The molecule has 0 saturated heterocycles. The van der Waals surface area contributed by atoms with Crippen molar-refractivity contribution in [2.24, 2.45) is 7.05 Å². The maximum absolute atomic E-state index is 12.5. The molecule has 1 heterocycles. The normalized spacial score (nSPS) is 10.6. The zero-order chi connectivity index (χ0) is 15.0. The van der Waals surface area contributed by atoms with E-state index < -0.39 is 0 Å². The highest BCUT2D eigenvalue weighted by molar-refractivity contribution is 9.10. The Bertz CT molecular complexity index is 692. The molecule has 1 aromatic carbocycles. The number of aromatic nitrogens is 1. The molecule has 2 aromatic rings. The van der Waals surface area contributed by atoms with Crippen LogP contribution in [0.3, 0.4) is 0 Å². The largest absolute Gasteiger partial charge is 0.339 e. The molecule has 0 fully saturated rings. The number of hydrogen-bond acceptors (Lipinski definition) is 2. The Balaban J connectivity index is 2.56. The number of likely N-dealkylation sites (N-methyl/N-ethyl adjacent to an activating group) is 1. The van der Waals surface area contributed by atoms with Gasteiger partial charge in [0.25, 0.3) is 11.8 Å². The van der Waals surface area contributed by atoms with Crippen molar-refractivity contribution in [3.8, 4) is 0 Å². The molecule has 0 saturated carbocycles. The molecule has 0 aliphatic carbocycles. The summed E-state index contributed by atoms with van der Waals surface area (Å²) >= 11 is 3.46. The lowest BCUT2D eigenvalue weighted by molar-refractivity contribution is -0.123. The van der Waals surface area contributed by atoms with Crippen LogP contribution in [0.5, 0.6) is 0 Å². The number of para-hydroxylation sites is 1. The Kier molecular flexibility index (Phi) is 3.81. The summed E-state index contributed by atoms with van der Waals surface area (Å²) in [5, 5.41) is 0.939. The van der Waals surface area contributed by atoms with E-state index in [-0.39, 0.29) is 11.8 Å². The van der Waals surface area contributed by atoms with Gasteiger partial charge in [-0.15, -0.1) is 0 Å². The van der Waals surface area contributed by atoms with Crippen LogP contribution in [0.4, 0.5) is 0 Å². The number of imide groups is 1. The van der Waals surface area contributed by atoms with Gasteiger partial charge in [-0.1, -0.05) is 24.8 Å². The fourth-order valence-corrected chi connectivity index (χ4v) is 2.89. The minimum Gasteiger partial charge on any atom is -0.339 e. The van der Waals surface area contributed by atoms with Gasteiger partial charge in [0, 0.05) is 30.6 Å². The van der Waals surface area contributed by atoms with Crippen LogP contribution in [-0.4, -0.2) is 28.3 Å². The number of carbonyl (C=O) groups is 2. The van der Waals surface area contributed by atoms with Crippen LogP contribution in [0.15, 0.2) is 40.9 Å². The Morgan fingerprint density at radius 1 is 1.30 bits per heavy atom. The Labute approximate surface area is 125 Å². The van der Waals surface area contributed by atoms with Crippen LogP contribution < -0.4 is 0 Å². The van der Waals surface area contributed by atoms with Gasteiger partial charge in [-0.05, 0) is 28.9 Å². The molecule has 2 rings (SSSR count). The van der Waals surface area contributed by atoms with Crippen LogP contribution in [0.1, 0.15) is 17.4 Å². The number of aryl methyl sites for hydroxylation is 1. The summed E-state index contributed by atoms with van der Waals surface area (Å²) in [6.45, 7) is 5.16. The van der Waals surface area contributed by atoms with Gasteiger partial charge in [0.15, 0.2) is 0 Å². The smallest absolute Gasteiger partial charge is 0.278 e. The number of benzene rings is 1. The zero-order valence-electron chi connectivity index (χ0n) is 11.6. The molecule has 0 atom stereocenters. The van der Waals surface area contributed by atoms with Crippen molar-refractivity contribution in [1.29, 1.82) is 0 Å². The van der Waals surface area contributed by atoms with Crippen LogP contribution in [-0.2, 0) is 11.8 Å². The van der Waals surface area contributed by atoms with Crippen molar-refractivity contribution < 1.29 is 9.59 Å². The topological polar surface area (TPSA) is 42.3 Å². The van der Waals surface area contributed by atoms with E-state index in [1.165, 1.54) is 7.05 Å². The molecule has 0 bridgehead atoms. The molecule has 104 valence electrons. The molecule has 0 aliphatic heterocycles. The van der Waals surface area contributed by atoms with E-state index in [0.29, 0.717) is 15.7 Å². The summed E-state index contributed by atoms with van der Waals surface area (Å²) in [7, 11) is 3.27. The van der Waals surface area contributed by atoms with Crippen molar-refractivity contribution >= 4 is 38.6 Å². The van der Waals surface area contributed by atoms with Gasteiger partial charge < -0.3 is 4.57 Å². The quantitative estimate of drug-likeness (QED) is 0.792. The minimum atomic E-state index is -0.382. The number of amides is 2. The fraction of sp³-hybridized carbons (Fsp3) is 0.200. The third-order valence-corrected chi connectivity index (χ3v) is 4.02. The highest BCUT2D eigenvalue weighted by Gasteiger charge is 2.25. The first-order valence-electron chi connectivity index (χ1n) is 6.07. The number of rotatable bonds is 2. The lowest BCUT2D eigenvalue weighted by atomic mass is 10.2. The van der Waals surface area contributed by atoms with Crippen molar-refractivity contribution in [1.82, 2.24) is 9.47 Å². The molecular weight excluding hydrogens is 320 g/mol. The highest BCUT2D eigenvalue weighted by Crippen LogP contribution is 2.30. The first kappa shape index (κ1) is 14.5. The maximum atomic E-state index is 12.5. The predicted octanol–water partition coefficient (Wildman–Crippen LogP) is 3.12. The Hall–Kier alpha value is -1.88. The van der Waals surface area contributed by atoms with E-state index in [4.69, 9.17) is 0 Å². The molecule has 2 amide bonds. The molecule has 0 aliphatic rings. The fourth-order valence-electron chi connectivity index (χ4n) is 2.12. The van der Waals surface area contributed by atoms with Crippen molar-refractivity contribution in [3.05, 3.63) is 46.6 Å². The predicted molar refractivity (Wildman–Crippen MR) is 82.5 cm³/mol. The molecule has 0 N–H and O–H groups in total. The minimum absolute atomic E-state index is 0.329. The van der Waals surface area contributed by atoms with Crippen molar-refractivity contribution in [2.75, 3.05) is 7.05 Å². The number of carbonyl (C=O) groups excluding carboxylic acids is 2. The van der Waals surface area contributed by atoms with Gasteiger partial charge in [0.2, 0.25) is 0 Å². The molecular formula is C15H15BrN2O2. The summed E-state index contributed by atoms with van der Waals surface area (Å²) in [5.74, 6) is -0.740. The first-order chi connectivity index (χ1) is 9.36. The lowest BCUT2D eigenvalue weighted by Crippen LogP contribution is -2.34. The lowest BCUT2D eigenvalue weighted by Gasteiger charge is -2.16. The molecule has 1 aromatic heterocycles. The third-order valence-electron chi connectivity index (χ3n) is 3.22. The summed E-state index contributed by atoms with van der Waals surface area (Å²) < 4.78 is 2.48. The molecule has 20 heavy (non-hydrogen) atoms. The Morgan fingerprint density at radius 3 is 2.45 bits per heavy atom. The van der Waals surface area contributed by atoms with Crippen LogP contribution >= 0.6 is 15.9 Å². The number of hydrogen-bond donors (Lipinski definition) is 0. The monoisotopic (exact) mass is 334 g/mol. The number of fused-ring (bicyclic) bond motifs is 1. The summed E-state index contributed by atoms with van der Waals surface area (Å²) in [4.78, 5) is 25.5. The van der Waals surface area contributed by atoms with E-state index >= 15 is 0 Å². The SMILES string of the molecule is C=C(C)C(=O)N(C)C(=O)c1c(Br)c2ccccc2n1C. The number of nitrogens with zero attached hydrogens (tertiary/aromatic N) is 2. The zero-order valence-corrected chi connectivity index (χ0v) is 13.2. The molecule has 5 heteroatoms. The van der Waals surface area contributed by atoms with E-state index in [1.54, 1.807) is 18.5 Å². The van der Waals surface area contributed by atoms with E-state index in [2.05, 4.69) is 22.5 Å². The maximum Gasteiger partial charge on any atom is 0.278 e. The highest BCUT2D eigenvalue weighted by atomic mass is 79.9. The number of halogens is 1. The van der Waals surface area contributed by atoms with Crippen LogP contribution in [0.2, 0.25) is 0 Å². The summed E-state index contributed by atoms with van der Waals surface area (Å²) in [6, 6.07) is 7.67. The van der Waals surface area contributed by atoms with Gasteiger partial charge >= 0.3 is 0 Å². The second kappa shape index (κ2) is 5.25. The van der Waals surface area contributed by atoms with Crippen molar-refractivity contribution in [2.45, 2.75) is 6.92 Å². The van der Waals surface area contributed by atoms with Gasteiger partial charge in [0.05, 0.1) is 4.47 Å². The van der Waals surface area contributed by atoms with Gasteiger partial charge in [-0.3, -0.25) is 14.5 Å². The molecule has 0 radical (unpaired) electrons. The molecule has 0 unspecified atom stereocenters. The van der Waals surface area contributed by atoms with Crippen molar-refractivity contribution in [3.63, 3.8) is 0 Å². The third kappa shape index (κ3) is 2.18.